The van der Waals surface area contributed by atoms with Crippen molar-refractivity contribution < 1.29 is 122 Å². The molecule has 117 heavy (non-hydrogen) atoms. The maximum atomic E-state index is 15.1. The Hall–Kier alpha value is -12.4. The number of amides is 10. The summed E-state index contributed by atoms with van der Waals surface area (Å²) in [6.07, 6.45) is -2.39. The zero-order valence-electron chi connectivity index (χ0n) is 64.6. The molecule has 10 rings (SSSR count). The fourth-order valence-corrected chi connectivity index (χ4v) is 15.6. The number of aliphatic carboxylic acids is 3. The monoisotopic (exact) mass is 1650 g/mol. The smallest absolute Gasteiger partial charge is 0.340 e. The summed E-state index contributed by atoms with van der Waals surface area (Å²) < 4.78 is 22.9. The van der Waals surface area contributed by atoms with Gasteiger partial charge in [0.05, 0.1) is 38.6 Å². The maximum Gasteiger partial charge on any atom is 0.340 e. The van der Waals surface area contributed by atoms with Crippen LogP contribution in [0.1, 0.15) is 156 Å². The second-order valence-corrected chi connectivity index (χ2v) is 29.7. The number of benzene rings is 4. The number of nitrogens with one attached hydrogen (secondary N) is 7. The zero-order chi connectivity index (χ0) is 84.7. The standard InChI is InChI=1S/C78H95N13O25S/c1-40(73(108)90-30-8-6-11-56(90)75(110)91-39-46(116-81-38-42-15-25-58(112-3)61(33-42)113-4)37-57(91)71(106)85-52(23-27-64(98)99)68(103)84-51(67(79)102)22-26-63(96)97)82-72(107)66(41(2)92)87-70(105)55-13-10-32-89(55)74(109)53(24-28-65(100)101)86-69(104)54-12-9-31-88(54)62(95)14-5-7-29-80-77(117)83-43-16-19-47-50(34-43)78(115-76(47)111)48-20-17-44(93)35-59(48)114-60-36-45(94)18-21-49(60)78/h15-21,25,33-36,38,40-41,46,51-57,66,92-94H,5-14,22-24,26-32,37,39H2,1-4H3,(H2,79,102)(H,82,107)(H,84,103)(H,85,106)(H,86,104)(H,87,105)(H,96,97)(H,98,99)(H,100,101)(H2,80,83,117)/b81-38-/t40-,41+,46+,51-,52-,53-,54-,55-,56?,57-,66-/m0/s1. The van der Waals surface area contributed by atoms with Crippen LogP contribution in [0.25, 0.3) is 0 Å². The Balaban J connectivity index is 0.739. The van der Waals surface area contributed by atoms with Crippen molar-refractivity contribution in [3.8, 4) is 34.5 Å². The van der Waals surface area contributed by atoms with Crippen LogP contribution in [0, 0.1) is 0 Å². The van der Waals surface area contributed by atoms with Crippen molar-refractivity contribution in [2.24, 2.45) is 10.9 Å². The number of carbonyl (C=O) groups is 14. The maximum absolute atomic E-state index is 15.1. The Morgan fingerprint density at radius 2 is 1.20 bits per heavy atom. The minimum absolute atomic E-state index is 0.0184. The van der Waals surface area contributed by atoms with Crippen LogP contribution in [0.15, 0.2) is 78.0 Å². The van der Waals surface area contributed by atoms with E-state index in [9.17, 15) is 93.0 Å². The van der Waals surface area contributed by atoms with Crippen LogP contribution < -0.4 is 57.2 Å². The van der Waals surface area contributed by atoms with Crippen LogP contribution in [0.5, 0.6) is 34.5 Å². The number of oxime groups is 1. The third kappa shape index (κ3) is 20.8. The van der Waals surface area contributed by atoms with Crippen LogP contribution in [0.2, 0.25) is 0 Å². The van der Waals surface area contributed by atoms with E-state index in [4.69, 9.17) is 41.7 Å². The van der Waals surface area contributed by atoms with Crippen LogP contribution in [0.3, 0.4) is 0 Å². The van der Waals surface area contributed by atoms with Gasteiger partial charge in [0.2, 0.25) is 59.1 Å². The molecule has 0 aliphatic carbocycles. The molecule has 0 bridgehead atoms. The third-order valence-corrected chi connectivity index (χ3v) is 21.5. The van der Waals surface area contributed by atoms with Gasteiger partial charge in [0, 0.05) is 98.4 Å². The minimum Gasteiger partial charge on any atom is -0.508 e. The van der Waals surface area contributed by atoms with Crippen molar-refractivity contribution in [3.63, 3.8) is 0 Å². The van der Waals surface area contributed by atoms with E-state index in [0.29, 0.717) is 78.1 Å². The van der Waals surface area contributed by atoms with Crippen molar-refractivity contribution in [3.05, 3.63) is 101 Å². The highest BCUT2D eigenvalue weighted by Gasteiger charge is 2.55. The molecular weight excluding hydrogens is 1550 g/mol. The number of carbonyl (C=O) groups excluding carboxylic acids is 11. The molecule has 11 atom stereocenters. The first-order chi connectivity index (χ1) is 55.8. The number of carboxylic acid groups (broad SMARTS) is 3. The minimum atomic E-state index is -1.78. The highest BCUT2D eigenvalue weighted by molar-refractivity contribution is 7.80. The summed E-state index contributed by atoms with van der Waals surface area (Å²) in [6, 6.07) is 5.49. The highest BCUT2D eigenvalue weighted by atomic mass is 32.1. The Morgan fingerprint density at radius 3 is 1.83 bits per heavy atom. The highest BCUT2D eigenvalue weighted by Crippen LogP contribution is 2.57. The summed E-state index contributed by atoms with van der Waals surface area (Å²) in [5, 5.41) is 83.4. The lowest BCUT2D eigenvalue weighted by Gasteiger charge is -2.39. The number of ether oxygens (including phenoxy) is 4. The number of hydrogen-bond donors (Lipinski definition) is 14. The number of aliphatic hydroxyl groups excluding tert-OH is 1. The second kappa shape index (κ2) is 38.8. The van der Waals surface area contributed by atoms with Gasteiger partial charge in [-0.3, -0.25) is 62.3 Å². The number of piperidine rings is 1. The van der Waals surface area contributed by atoms with Gasteiger partial charge in [-0.1, -0.05) is 5.16 Å². The van der Waals surface area contributed by atoms with Crippen molar-refractivity contribution in [2.45, 2.75) is 195 Å². The number of aliphatic hydroxyl groups is 1. The van der Waals surface area contributed by atoms with Crippen molar-refractivity contribution in [1.82, 2.24) is 51.5 Å². The number of unbranched alkanes of at least 4 members (excludes halogenated alkanes) is 1. The predicted molar refractivity (Wildman–Crippen MR) is 414 cm³/mol. The van der Waals surface area contributed by atoms with Gasteiger partial charge < -0.3 is 117 Å². The SMILES string of the molecule is COc1ccc(/C=N\O[C@@H]2C[C@@H](C(=O)N[C@@H](CCC(=O)O)C(=O)N[C@@H](CCC(=O)O)C(N)=O)N(C(=O)C3CCCCN3C(=O)[C@H](C)NC(=O)[C@@H](NC(=O)[C@@H]3CCCN3C(=O)[C@H](CCC(=O)O)NC(=O)[C@@H]3CCCN3C(=O)CCCCNC(=S)Nc3ccc4c(c3)C3(OC4=O)c4ccc(O)cc4Oc4cc(O)ccc43)[C@@H](C)O)C2)cc1OC. The molecule has 0 saturated carbocycles. The fourth-order valence-electron chi connectivity index (χ4n) is 15.4. The van der Waals surface area contributed by atoms with Gasteiger partial charge in [-0.2, -0.15) is 0 Å². The van der Waals surface area contributed by atoms with E-state index in [1.54, 1.807) is 48.5 Å². The average molecular weight is 1650 g/mol. The number of nitrogens with two attached hydrogens (primary N) is 1. The van der Waals surface area contributed by atoms with E-state index in [-0.39, 0.29) is 104 Å². The van der Waals surface area contributed by atoms with E-state index in [1.807, 2.05) is 0 Å². The molecule has 4 aromatic rings. The third-order valence-electron chi connectivity index (χ3n) is 21.2. The molecule has 628 valence electrons. The summed E-state index contributed by atoms with van der Waals surface area (Å²) in [5.74, 6) is -12.3. The van der Waals surface area contributed by atoms with E-state index >= 15 is 4.79 Å². The van der Waals surface area contributed by atoms with E-state index in [2.05, 4.69) is 42.4 Å². The zero-order valence-corrected chi connectivity index (χ0v) is 65.4. The van der Waals surface area contributed by atoms with E-state index in [0.717, 1.165) is 9.80 Å². The van der Waals surface area contributed by atoms with Gasteiger partial charge >= 0.3 is 23.9 Å². The number of methoxy groups -OCH3 is 2. The number of phenolic OH excluding ortho intramolecular Hbond substituents is 2. The predicted octanol–water partition coefficient (Wildman–Crippen LogP) is 1.43. The molecule has 4 aromatic carbocycles. The van der Waals surface area contributed by atoms with Gasteiger partial charge in [-0.05, 0) is 164 Å². The summed E-state index contributed by atoms with van der Waals surface area (Å²) >= 11 is 5.64. The summed E-state index contributed by atoms with van der Waals surface area (Å²) in [7, 11) is 2.88. The number of thiocarbonyl (C=S) groups is 1. The fraction of sp³-hybridized carbons (Fsp3) is 0.487. The molecule has 4 saturated heterocycles. The Morgan fingerprint density at radius 1 is 0.615 bits per heavy atom. The molecule has 6 aliphatic heterocycles. The molecule has 10 amide bonds. The Kier molecular flexibility index (Phi) is 28.9. The van der Waals surface area contributed by atoms with Gasteiger partial charge in [0.25, 0.3) is 0 Å². The van der Waals surface area contributed by atoms with Crippen molar-refractivity contribution >= 4 is 112 Å². The Labute approximate surface area is 675 Å². The first kappa shape index (κ1) is 87.0. The molecule has 0 aromatic heterocycles. The number of anilines is 1. The number of primary amides is 1. The van der Waals surface area contributed by atoms with Crippen LogP contribution >= 0.6 is 12.2 Å². The number of likely N-dealkylation sites (tertiary alicyclic amines) is 4. The molecule has 38 nitrogen and oxygen atoms in total. The number of nitrogens with zero attached hydrogens (tertiary/aromatic N) is 5. The van der Waals surface area contributed by atoms with Crippen LogP contribution in [-0.4, -0.2) is 258 Å². The molecule has 1 spiro atoms. The molecule has 6 heterocycles. The lowest BCUT2D eigenvalue weighted by atomic mass is 9.77. The largest absolute Gasteiger partial charge is 0.508 e. The number of esters is 1. The van der Waals surface area contributed by atoms with Crippen molar-refractivity contribution in [2.75, 3.05) is 52.3 Å². The quantitative estimate of drug-likeness (QED) is 0.0102. The van der Waals surface area contributed by atoms with Crippen LogP contribution in [0.4, 0.5) is 5.69 Å². The number of aromatic hydroxyl groups is 2. The molecule has 0 radical (unpaired) electrons. The first-order valence-corrected chi connectivity index (χ1v) is 38.8. The Bertz CT molecular complexity index is 4490. The second-order valence-electron chi connectivity index (χ2n) is 29.3. The van der Waals surface area contributed by atoms with Gasteiger partial charge in [-0.25, -0.2) is 4.79 Å². The lowest BCUT2D eigenvalue weighted by Crippen LogP contribution is -2.62. The van der Waals surface area contributed by atoms with Gasteiger partial charge in [0.1, 0.15) is 83.5 Å². The first-order valence-electron chi connectivity index (χ1n) is 38.3. The number of hydrogen-bond acceptors (Lipinski definition) is 24. The summed E-state index contributed by atoms with van der Waals surface area (Å²) in [4.78, 5) is 201. The topological polar surface area (TPSA) is 542 Å². The molecule has 4 fully saturated rings. The molecule has 1 unspecified atom stereocenters. The molecule has 6 aliphatic rings. The summed E-state index contributed by atoms with van der Waals surface area (Å²) in [6.45, 7) is 2.57. The molecule has 15 N–H and O–H groups in total. The molecular formula is C78H95N13O25S. The number of fused-ring (bicyclic) bond motifs is 6. The average Bonchev–Trinajstić information content (AvgIpc) is 1.58. The lowest BCUT2D eigenvalue weighted by molar-refractivity contribution is -0.151. The van der Waals surface area contributed by atoms with Crippen LogP contribution in [-0.2, 0) is 77.5 Å². The number of rotatable bonds is 35. The van der Waals surface area contributed by atoms with Gasteiger partial charge in [-0.15, -0.1) is 0 Å². The number of phenols is 2. The number of carboxylic acids is 3. The van der Waals surface area contributed by atoms with E-state index in [1.165, 1.54) is 68.3 Å². The summed E-state index contributed by atoms with van der Waals surface area (Å²) in [5.41, 5.74) is 6.50. The van der Waals surface area contributed by atoms with Crippen molar-refractivity contribution in [1.29, 1.82) is 0 Å². The normalized spacial score (nSPS) is 19.8. The molecule has 39 heteroatoms. The van der Waals surface area contributed by atoms with E-state index < -0.39 is 188 Å². The van der Waals surface area contributed by atoms with Gasteiger partial charge in [0.15, 0.2) is 22.2 Å².